The minimum Gasteiger partial charge on any atom is -0.367 e. The lowest BCUT2D eigenvalue weighted by Crippen LogP contribution is -2.34. The topological polar surface area (TPSA) is 57.2 Å². The van der Waals surface area contributed by atoms with Gasteiger partial charge in [0.25, 0.3) is 0 Å². The largest absolute Gasteiger partial charge is 0.367 e. The number of hydrogen-bond acceptors (Lipinski definition) is 4. The highest BCUT2D eigenvalue weighted by molar-refractivity contribution is 5.53. The molecule has 1 aliphatic heterocycles. The Morgan fingerprint density at radius 2 is 1.80 bits per heavy atom. The van der Waals surface area contributed by atoms with Crippen molar-refractivity contribution in [2.75, 3.05) is 18.0 Å². The van der Waals surface area contributed by atoms with Gasteiger partial charge in [0.2, 0.25) is 0 Å². The van der Waals surface area contributed by atoms with Gasteiger partial charge in [-0.2, -0.15) is 5.26 Å². The highest BCUT2D eigenvalue weighted by atomic mass is 19.1. The van der Waals surface area contributed by atoms with E-state index < -0.39 is 11.6 Å². The summed E-state index contributed by atoms with van der Waals surface area (Å²) in [5.41, 5.74) is 0.733. The van der Waals surface area contributed by atoms with Crippen molar-refractivity contribution in [3.63, 3.8) is 0 Å². The maximum Gasteiger partial charge on any atom is 0.160 e. The third-order valence-corrected chi connectivity index (χ3v) is 4.66. The first-order valence-corrected chi connectivity index (χ1v) is 8.11. The molecule has 0 spiro atoms. The maximum atomic E-state index is 14.2. The fourth-order valence-corrected chi connectivity index (χ4v) is 3.43. The van der Waals surface area contributed by atoms with Gasteiger partial charge in [-0.25, -0.2) is 8.78 Å². The van der Waals surface area contributed by atoms with Crippen LogP contribution in [0.25, 0.3) is 5.65 Å². The molecule has 2 aromatic heterocycles. The molecule has 0 atom stereocenters. The minimum absolute atomic E-state index is 0.0106. The van der Waals surface area contributed by atoms with E-state index in [1.165, 1.54) is 0 Å². The van der Waals surface area contributed by atoms with Crippen LogP contribution in [0.1, 0.15) is 30.1 Å². The molecule has 3 heterocycles. The number of halogens is 2. The lowest BCUT2D eigenvalue weighted by atomic mass is 9.95. The number of aromatic nitrogens is 3. The molecule has 1 aliphatic rings. The average Bonchev–Trinajstić information content (AvgIpc) is 3.06. The van der Waals surface area contributed by atoms with Gasteiger partial charge >= 0.3 is 0 Å². The molecule has 0 saturated carbocycles. The first-order valence-electron chi connectivity index (χ1n) is 8.11. The molecular weight excluding hydrogens is 324 g/mol. The smallest absolute Gasteiger partial charge is 0.160 e. The summed E-state index contributed by atoms with van der Waals surface area (Å²) in [5, 5.41) is 17.3. The van der Waals surface area contributed by atoms with Crippen LogP contribution in [0.3, 0.4) is 0 Å². The van der Waals surface area contributed by atoms with E-state index in [4.69, 9.17) is 5.26 Å². The first kappa shape index (κ1) is 15.5. The number of nitriles is 1. The predicted molar refractivity (Wildman–Crippen MR) is 88.2 cm³/mol. The third-order valence-electron chi connectivity index (χ3n) is 4.66. The summed E-state index contributed by atoms with van der Waals surface area (Å²) in [6.07, 6.45) is 3.39. The van der Waals surface area contributed by atoms with Crippen molar-refractivity contribution < 1.29 is 8.78 Å². The Bertz CT molecular complexity index is 944. The lowest BCUT2D eigenvalue weighted by molar-refractivity contribution is 0.468. The Morgan fingerprint density at radius 1 is 1.08 bits per heavy atom. The molecule has 0 bridgehead atoms. The van der Waals surface area contributed by atoms with Crippen molar-refractivity contribution in [3.05, 3.63) is 59.6 Å². The summed E-state index contributed by atoms with van der Waals surface area (Å²) in [6, 6.07) is 9.66. The van der Waals surface area contributed by atoms with Crippen LogP contribution in [0.15, 0.2) is 36.5 Å². The first-order chi connectivity index (χ1) is 12.2. The van der Waals surface area contributed by atoms with Crippen molar-refractivity contribution in [1.82, 2.24) is 14.6 Å². The molecule has 5 nitrogen and oxygen atoms in total. The number of nitrogens with zero attached hydrogens (tertiary/aromatic N) is 5. The number of hydrogen-bond donors (Lipinski definition) is 0. The van der Waals surface area contributed by atoms with Crippen LogP contribution < -0.4 is 4.90 Å². The van der Waals surface area contributed by atoms with E-state index in [-0.39, 0.29) is 17.2 Å². The van der Waals surface area contributed by atoms with Gasteiger partial charge in [-0.15, -0.1) is 10.2 Å². The monoisotopic (exact) mass is 339 g/mol. The van der Waals surface area contributed by atoms with Gasteiger partial charge in [0, 0.05) is 25.2 Å². The number of benzene rings is 1. The fourth-order valence-electron chi connectivity index (χ4n) is 3.43. The molecule has 1 fully saturated rings. The second-order valence-electron chi connectivity index (χ2n) is 6.15. The summed E-state index contributed by atoms with van der Waals surface area (Å²) in [4.78, 5) is 1.70. The molecular formula is C18H15F2N5. The minimum atomic E-state index is -0.692. The van der Waals surface area contributed by atoms with Gasteiger partial charge in [0.15, 0.2) is 17.3 Å². The van der Waals surface area contributed by atoms with Crippen molar-refractivity contribution in [2.24, 2.45) is 0 Å². The molecule has 0 radical (unpaired) electrons. The van der Waals surface area contributed by atoms with E-state index in [0.29, 0.717) is 13.1 Å². The summed E-state index contributed by atoms with van der Waals surface area (Å²) in [6.45, 7) is 1.04. The van der Waals surface area contributed by atoms with Gasteiger partial charge in [0.05, 0.1) is 11.6 Å². The average molecular weight is 339 g/mol. The molecule has 4 rings (SSSR count). The van der Waals surface area contributed by atoms with Gasteiger partial charge in [0.1, 0.15) is 11.5 Å². The molecule has 126 valence electrons. The number of fused-ring (bicyclic) bond motifs is 1. The van der Waals surface area contributed by atoms with E-state index in [0.717, 1.165) is 36.4 Å². The SMILES string of the molecule is N#Cc1cc(F)c(N2CCC(c3nnc4ccccn34)CC2)c(F)c1. The standard InChI is InChI=1S/C18H15F2N5/c19-14-9-12(11-21)10-15(20)17(14)24-7-4-13(5-8-24)18-23-22-16-3-1-2-6-25(16)18/h1-3,6,9-10,13H,4-5,7-8H2. The van der Waals surface area contributed by atoms with Crippen molar-refractivity contribution in [1.29, 1.82) is 5.26 Å². The summed E-state index contributed by atoms with van der Waals surface area (Å²) < 4.78 is 30.4. The number of pyridine rings is 1. The summed E-state index contributed by atoms with van der Waals surface area (Å²) in [7, 11) is 0. The number of rotatable bonds is 2. The van der Waals surface area contributed by atoms with Crippen molar-refractivity contribution in [2.45, 2.75) is 18.8 Å². The Labute approximate surface area is 143 Å². The van der Waals surface area contributed by atoms with E-state index in [1.807, 2.05) is 28.8 Å². The number of piperidine rings is 1. The fraction of sp³-hybridized carbons (Fsp3) is 0.278. The van der Waals surface area contributed by atoms with Gasteiger partial charge < -0.3 is 4.90 Å². The van der Waals surface area contributed by atoms with Gasteiger partial charge in [-0.3, -0.25) is 4.40 Å². The molecule has 1 aromatic carbocycles. The Balaban J connectivity index is 1.55. The van der Waals surface area contributed by atoms with Gasteiger partial charge in [-0.05, 0) is 37.1 Å². The highest BCUT2D eigenvalue weighted by Crippen LogP contribution is 2.32. The Morgan fingerprint density at radius 3 is 2.48 bits per heavy atom. The molecule has 7 heteroatoms. The summed E-state index contributed by atoms with van der Waals surface area (Å²) in [5.74, 6) is -0.306. The van der Waals surface area contributed by atoms with Crippen LogP contribution in [0.4, 0.5) is 14.5 Å². The summed E-state index contributed by atoms with van der Waals surface area (Å²) >= 11 is 0. The van der Waals surface area contributed by atoms with Gasteiger partial charge in [-0.1, -0.05) is 6.07 Å². The van der Waals surface area contributed by atoms with Crippen molar-refractivity contribution in [3.8, 4) is 6.07 Å². The molecule has 0 N–H and O–H groups in total. The maximum absolute atomic E-state index is 14.2. The molecule has 3 aromatic rings. The Kier molecular flexibility index (Phi) is 3.80. The molecule has 0 unspecified atom stereocenters. The predicted octanol–water partition coefficient (Wildman–Crippen LogP) is 3.26. The zero-order chi connectivity index (χ0) is 17.4. The van der Waals surface area contributed by atoms with Crippen LogP contribution in [-0.4, -0.2) is 27.7 Å². The highest BCUT2D eigenvalue weighted by Gasteiger charge is 2.27. The molecule has 25 heavy (non-hydrogen) atoms. The van der Waals surface area contributed by atoms with E-state index in [9.17, 15) is 8.78 Å². The van der Waals surface area contributed by atoms with E-state index in [2.05, 4.69) is 10.2 Å². The van der Waals surface area contributed by atoms with E-state index in [1.54, 1.807) is 11.0 Å². The van der Waals surface area contributed by atoms with Crippen molar-refractivity contribution >= 4 is 11.3 Å². The number of anilines is 1. The Hall–Kier alpha value is -3.01. The second kappa shape index (κ2) is 6.13. The van der Waals surface area contributed by atoms with Crippen LogP contribution in [0, 0.1) is 23.0 Å². The quantitative estimate of drug-likeness (QED) is 0.719. The zero-order valence-corrected chi connectivity index (χ0v) is 13.4. The van der Waals surface area contributed by atoms with Crippen LogP contribution in [0.2, 0.25) is 0 Å². The van der Waals surface area contributed by atoms with Crippen LogP contribution in [-0.2, 0) is 0 Å². The normalized spacial score (nSPS) is 15.5. The molecule has 0 amide bonds. The molecule has 1 saturated heterocycles. The zero-order valence-electron chi connectivity index (χ0n) is 13.4. The van der Waals surface area contributed by atoms with E-state index >= 15 is 0 Å². The van der Waals surface area contributed by atoms with Crippen LogP contribution >= 0.6 is 0 Å². The van der Waals surface area contributed by atoms with Crippen LogP contribution in [0.5, 0.6) is 0 Å². The molecule has 0 aliphatic carbocycles. The third kappa shape index (κ3) is 2.70. The second-order valence-corrected chi connectivity index (χ2v) is 6.15. The lowest BCUT2D eigenvalue weighted by Gasteiger charge is -2.33.